The summed E-state index contributed by atoms with van der Waals surface area (Å²) in [5, 5.41) is 8.01. The first-order chi connectivity index (χ1) is 9.93. The lowest BCUT2D eigenvalue weighted by Gasteiger charge is -2.12. The van der Waals surface area contributed by atoms with Gasteiger partial charge in [-0.1, -0.05) is 17.3 Å². The highest BCUT2D eigenvalue weighted by molar-refractivity contribution is 7.89. The summed E-state index contributed by atoms with van der Waals surface area (Å²) in [4.78, 5) is 0.270. The van der Waals surface area contributed by atoms with Crippen LogP contribution in [0.3, 0.4) is 0 Å². The van der Waals surface area contributed by atoms with Gasteiger partial charge in [0.05, 0.1) is 17.1 Å². The molecule has 1 aromatic carbocycles. The molecule has 8 heteroatoms. The van der Waals surface area contributed by atoms with Crippen LogP contribution in [0.4, 0.5) is 0 Å². The van der Waals surface area contributed by atoms with Crippen LogP contribution in [0, 0.1) is 0 Å². The van der Waals surface area contributed by atoms with Crippen LogP contribution in [0.25, 0.3) is 0 Å². The number of hydrogen-bond acceptors (Lipinski definition) is 4. The minimum absolute atomic E-state index is 0.270. The number of aryl methyl sites for hydroxylation is 1. The normalized spacial score (nSPS) is 12.0. The molecule has 0 fully saturated rings. The minimum Gasteiger partial charge on any atom is -0.248 e. The Balaban J connectivity index is 2.21. The molecule has 0 amide bonds. The molecule has 0 saturated heterocycles. The van der Waals surface area contributed by atoms with Crippen molar-refractivity contribution < 1.29 is 8.42 Å². The molecule has 0 aliphatic rings. The molecule has 0 atom stereocenters. The van der Waals surface area contributed by atoms with E-state index in [1.54, 1.807) is 22.9 Å². The molecule has 1 aromatic heterocycles. The minimum atomic E-state index is -3.42. The number of aromatic nitrogens is 3. The Hall–Kier alpha value is -1.44. The second kappa shape index (κ2) is 6.55. The Bertz CT molecular complexity index is 712. The lowest BCUT2D eigenvalue weighted by Crippen LogP contribution is -2.22. The average Bonchev–Trinajstić information content (AvgIpc) is 2.86. The number of hydrogen-bond donors (Lipinski definition) is 0. The molecule has 0 radical (unpaired) electrons. The van der Waals surface area contributed by atoms with Gasteiger partial charge in [-0.3, -0.25) is 0 Å². The first-order valence-corrected chi connectivity index (χ1v) is 8.37. The highest BCUT2D eigenvalue weighted by Gasteiger charge is 2.17. The molecule has 6 nitrogen and oxygen atoms in total. The number of alkyl halides is 1. The smallest absolute Gasteiger partial charge is 0.242 e. The van der Waals surface area contributed by atoms with E-state index in [0.29, 0.717) is 18.8 Å². The molecule has 2 aromatic rings. The van der Waals surface area contributed by atoms with Gasteiger partial charge in [0.15, 0.2) is 0 Å². The number of nitrogens with zero attached hydrogens (tertiary/aromatic N) is 4. The molecule has 0 aliphatic heterocycles. The zero-order chi connectivity index (χ0) is 15.5. The van der Waals surface area contributed by atoms with Gasteiger partial charge in [-0.05, 0) is 17.7 Å². The molecule has 0 aliphatic carbocycles. The molecule has 0 spiro atoms. The predicted octanol–water partition coefficient (Wildman–Crippen LogP) is 1.36. The first-order valence-electron chi connectivity index (χ1n) is 6.40. The van der Waals surface area contributed by atoms with E-state index in [1.807, 2.05) is 12.3 Å². The maximum Gasteiger partial charge on any atom is 0.242 e. The molecule has 114 valence electrons. The van der Waals surface area contributed by atoms with Crippen LogP contribution in [-0.2, 0) is 23.0 Å². The second-order valence-corrected chi connectivity index (χ2v) is 7.31. The predicted molar refractivity (Wildman–Crippen MR) is 80.9 cm³/mol. The van der Waals surface area contributed by atoms with E-state index < -0.39 is 10.0 Å². The van der Waals surface area contributed by atoms with Crippen molar-refractivity contribution in [3.63, 3.8) is 0 Å². The van der Waals surface area contributed by atoms with Crippen LogP contribution < -0.4 is 0 Å². The third kappa shape index (κ3) is 3.81. The van der Waals surface area contributed by atoms with E-state index in [1.165, 1.54) is 18.4 Å². The molecule has 0 unspecified atom stereocenters. The molecule has 1 heterocycles. The molecular formula is C13H17ClN4O2S. The van der Waals surface area contributed by atoms with Crippen molar-refractivity contribution in [2.45, 2.75) is 17.9 Å². The SMILES string of the molecule is CN(C)S(=O)(=O)c1cccc(Cn2cc(CCCl)nn2)c1. The number of rotatable bonds is 6. The Morgan fingerprint density at radius 2 is 2.10 bits per heavy atom. The maximum absolute atomic E-state index is 12.1. The van der Waals surface area contributed by atoms with Gasteiger partial charge in [-0.2, -0.15) is 0 Å². The van der Waals surface area contributed by atoms with Gasteiger partial charge in [-0.25, -0.2) is 17.4 Å². The van der Waals surface area contributed by atoms with Crippen LogP contribution >= 0.6 is 11.6 Å². The summed E-state index contributed by atoms with van der Waals surface area (Å²) in [6.07, 6.45) is 2.48. The zero-order valence-electron chi connectivity index (χ0n) is 11.9. The number of halogens is 1. The molecular weight excluding hydrogens is 312 g/mol. The summed E-state index contributed by atoms with van der Waals surface area (Å²) in [7, 11) is -0.401. The van der Waals surface area contributed by atoms with Gasteiger partial charge in [-0.15, -0.1) is 16.7 Å². The van der Waals surface area contributed by atoms with Crippen molar-refractivity contribution in [3.8, 4) is 0 Å². The molecule has 0 bridgehead atoms. The van der Waals surface area contributed by atoms with Gasteiger partial charge in [0.1, 0.15) is 0 Å². The van der Waals surface area contributed by atoms with Gasteiger partial charge >= 0.3 is 0 Å². The van der Waals surface area contributed by atoms with E-state index in [2.05, 4.69) is 10.3 Å². The summed E-state index contributed by atoms with van der Waals surface area (Å²) in [5.74, 6) is 0.495. The molecule has 21 heavy (non-hydrogen) atoms. The maximum atomic E-state index is 12.1. The number of benzene rings is 1. The molecule has 0 saturated carbocycles. The lowest BCUT2D eigenvalue weighted by atomic mass is 10.2. The van der Waals surface area contributed by atoms with Crippen molar-refractivity contribution in [3.05, 3.63) is 41.7 Å². The topological polar surface area (TPSA) is 68.1 Å². The monoisotopic (exact) mass is 328 g/mol. The van der Waals surface area contributed by atoms with E-state index in [4.69, 9.17) is 11.6 Å². The Morgan fingerprint density at radius 1 is 1.33 bits per heavy atom. The quantitative estimate of drug-likeness (QED) is 0.751. The zero-order valence-corrected chi connectivity index (χ0v) is 13.5. The lowest BCUT2D eigenvalue weighted by molar-refractivity contribution is 0.520. The summed E-state index contributed by atoms with van der Waals surface area (Å²) in [6.45, 7) is 0.464. The Labute approximate surface area is 129 Å². The summed E-state index contributed by atoms with van der Waals surface area (Å²) in [6, 6.07) is 6.82. The fourth-order valence-electron chi connectivity index (χ4n) is 1.83. The largest absolute Gasteiger partial charge is 0.248 e. The Morgan fingerprint density at radius 3 is 2.76 bits per heavy atom. The Kier molecular flexibility index (Phi) is 4.97. The van der Waals surface area contributed by atoms with Crippen molar-refractivity contribution >= 4 is 21.6 Å². The molecule has 2 rings (SSSR count). The fraction of sp³-hybridized carbons (Fsp3) is 0.385. The van der Waals surface area contributed by atoms with Crippen molar-refractivity contribution in [2.75, 3.05) is 20.0 Å². The van der Waals surface area contributed by atoms with E-state index in [0.717, 1.165) is 11.3 Å². The van der Waals surface area contributed by atoms with Crippen LogP contribution in [-0.4, -0.2) is 47.7 Å². The van der Waals surface area contributed by atoms with E-state index in [-0.39, 0.29) is 4.90 Å². The van der Waals surface area contributed by atoms with Gasteiger partial charge in [0.2, 0.25) is 10.0 Å². The van der Waals surface area contributed by atoms with Gasteiger partial charge < -0.3 is 0 Å². The highest BCUT2D eigenvalue weighted by atomic mass is 35.5. The standard InChI is InChI=1S/C13H17ClN4O2S/c1-17(2)21(19,20)13-5-3-4-11(8-13)9-18-10-12(6-7-14)15-16-18/h3-5,8,10H,6-7,9H2,1-2H3. The van der Waals surface area contributed by atoms with Gasteiger partial charge in [0.25, 0.3) is 0 Å². The fourth-order valence-corrected chi connectivity index (χ4v) is 3.00. The highest BCUT2D eigenvalue weighted by Crippen LogP contribution is 2.15. The van der Waals surface area contributed by atoms with E-state index in [9.17, 15) is 8.42 Å². The van der Waals surface area contributed by atoms with Crippen LogP contribution in [0.5, 0.6) is 0 Å². The van der Waals surface area contributed by atoms with Crippen molar-refractivity contribution in [2.24, 2.45) is 0 Å². The first kappa shape index (κ1) is 15.9. The summed E-state index contributed by atoms with van der Waals surface area (Å²) in [5.41, 5.74) is 1.67. The number of sulfonamides is 1. The second-order valence-electron chi connectivity index (χ2n) is 4.78. The third-order valence-corrected chi connectivity index (χ3v) is 4.96. The third-order valence-electron chi connectivity index (χ3n) is 2.96. The summed E-state index contributed by atoms with van der Waals surface area (Å²) >= 11 is 5.66. The van der Waals surface area contributed by atoms with Crippen molar-refractivity contribution in [1.29, 1.82) is 0 Å². The average molecular weight is 329 g/mol. The van der Waals surface area contributed by atoms with Gasteiger partial charge in [0, 0.05) is 32.6 Å². The van der Waals surface area contributed by atoms with Crippen LogP contribution in [0.15, 0.2) is 35.4 Å². The van der Waals surface area contributed by atoms with E-state index >= 15 is 0 Å². The van der Waals surface area contributed by atoms with Crippen molar-refractivity contribution in [1.82, 2.24) is 19.3 Å². The van der Waals surface area contributed by atoms with Crippen LogP contribution in [0.2, 0.25) is 0 Å². The van der Waals surface area contributed by atoms with Crippen LogP contribution in [0.1, 0.15) is 11.3 Å². The molecule has 0 N–H and O–H groups in total. The summed E-state index contributed by atoms with van der Waals surface area (Å²) < 4.78 is 27.1.